The Kier molecular flexibility index (Phi) is 5.55. The van der Waals surface area contributed by atoms with Gasteiger partial charge in [0, 0.05) is 11.5 Å². The van der Waals surface area contributed by atoms with E-state index in [-0.39, 0.29) is 17.7 Å². The first-order chi connectivity index (χ1) is 12.5. The molecule has 0 unspecified atom stereocenters. The predicted octanol–water partition coefficient (Wildman–Crippen LogP) is 1.86. The van der Waals surface area contributed by atoms with E-state index in [1.54, 1.807) is 14.2 Å². The lowest BCUT2D eigenvalue weighted by Gasteiger charge is -2.18. The molecule has 2 aromatic rings. The predicted molar refractivity (Wildman–Crippen MR) is 99.0 cm³/mol. The van der Waals surface area contributed by atoms with E-state index in [4.69, 9.17) is 15.3 Å². The molecule has 0 radical (unpaired) electrons. The molecular weight excluding hydrogens is 354 g/mol. The van der Waals surface area contributed by atoms with E-state index in [0.717, 1.165) is 24.2 Å². The van der Waals surface area contributed by atoms with E-state index in [2.05, 4.69) is 15.5 Å². The summed E-state index contributed by atoms with van der Waals surface area (Å²) in [5, 5.41) is 11.7. The van der Waals surface area contributed by atoms with E-state index >= 15 is 0 Å². The number of methoxy groups -OCH3 is 2. The maximum atomic E-state index is 12.3. The Morgan fingerprint density at radius 2 is 2.15 bits per heavy atom. The molecule has 1 aromatic heterocycles. The topological polar surface area (TPSA) is 104 Å². The van der Waals surface area contributed by atoms with Gasteiger partial charge in [-0.15, -0.1) is 10.2 Å². The molecule has 8 nitrogen and oxygen atoms in total. The van der Waals surface area contributed by atoms with E-state index in [0.29, 0.717) is 22.6 Å². The Morgan fingerprint density at radius 1 is 1.38 bits per heavy atom. The normalized spacial score (nSPS) is 14.7. The zero-order chi connectivity index (χ0) is 18.7. The van der Waals surface area contributed by atoms with Gasteiger partial charge in [-0.05, 0) is 38.0 Å². The Morgan fingerprint density at radius 3 is 2.81 bits per heavy atom. The van der Waals surface area contributed by atoms with Gasteiger partial charge >= 0.3 is 0 Å². The number of thioether (sulfide) groups is 1. The van der Waals surface area contributed by atoms with Crippen LogP contribution < -0.4 is 20.6 Å². The lowest BCUT2D eigenvalue weighted by molar-refractivity contribution is -0.119. The number of nitrogen functional groups attached to an aromatic ring is 1. The van der Waals surface area contributed by atoms with Crippen molar-refractivity contribution in [3.05, 3.63) is 29.6 Å². The zero-order valence-corrected chi connectivity index (χ0v) is 15.9. The second-order valence-corrected chi connectivity index (χ2v) is 7.11. The maximum absolute atomic E-state index is 12.3. The van der Waals surface area contributed by atoms with Gasteiger partial charge in [0.25, 0.3) is 0 Å². The summed E-state index contributed by atoms with van der Waals surface area (Å²) in [5.74, 6) is 8.70. The van der Waals surface area contributed by atoms with Crippen LogP contribution in [-0.4, -0.2) is 40.8 Å². The molecule has 1 aromatic carbocycles. The van der Waals surface area contributed by atoms with E-state index in [1.165, 1.54) is 16.4 Å². The van der Waals surface area contributed by atoms with Crippen LogP contribution in [0, 0.1) is 0 Å². The number of benzene rings is 1. The summed E-state index contributed by atoms with van der Waals surface area (Å²) in [5.41, 5.74) is 0.850. The van der Waals surface area contributed by atoms with Crippen molar-refractivity contribution in [2.75, 3.05) is 25.8 Å². The van der Waals surface area contributed by atoms with Gasteiger partial charge in [-0.2, -0.15) is 0 Å². The first-order valence-electron chi connectivity index (χ1n) is 8.38. The van der Waals surface area contributed by atoms with E-state index < -0.39 is 0 Å². The molecule has 0 bridgehead atoms. The van der Waals surface area contributed by atoms with Crippen molar-refractivity contribution in [2.45, 2.75) is 36.9 Å². The van der Waals surface area contributed by atoms with Crippen LogP contribution in [0.25, 0.3) is 0 Å². The van der Waals surface area contributed by atoms with Gasteiger partial charge in [0.1, 0.15) is 11.5 Å². The summed E-state index contributed by atoms with van der Waals surface area (Å²) in [7, 11) is 3.20. The number of nitrogens with one attached hydrogen (secondary N) is 1. The molecule has 1 fully saturated rings. The molecule has 1 aliphatic rings. The largest absolute Gasteiger partial charge is 0.497 e. The highest BCUT2D eigenvalue weighted by Crippen LogP contribution is 2.39. The smallest absolute Gasteiger partial charge is 0.230 e. The number of nitrogens with zero attached hydrogens (tertiary/aromatic N) is 3. The second-order valence-electron chi connectivity index (χ2n) is 6.17. The highest BCUT2D eigenvalue weighted by Gasteiger charge is 2.30. The van der Waals surface area contributed by atoms with Gasteiger partial charge < -0.3 is 20.6 Å². The number of carbonyl (C=O) groups is 1. The molecular formula is C17H23N5O3S. The summed E-state index contributed by atoms with van der Waals surface area (Å²) in [6.45, 7) is 1.90. The quantitative estimate of drug-likeness (QED) is 0.534. The summed E-state index contributed by atoms with van der Waals surface area (Å²) >= 11 is 1.27. The van der Waals surface area contributed by atoms with Gasteiger partial charge in [0.2, 0.25) is 11.1 Å². The van der Waals surface area contributed by atoms with Crippen molar-refractivity contribution in [2.24, 2.45) is 0 Å². The minimum Gasteiger partial charge on any atom is -0.497 e. The van der Waals surface area contributed by atoms with Gasteiger partial charge in [-0.3, -0.25) is 4.79 Å². The molecule has 1 atom stereocenters. The van der Waals surface area contributed by atoms with E-state index in [1.807, 2.05) is 25.1 Å². The molecule has 9 heteroatoms. The molecule has 140 valence electrons. The van der Waals surface area contributed by atoms with Crippen LogP contribution in [0.5, 0.6) is 11.5 Å². The molecule has 26 heavy (non-hydrogen) atoms. The standard InChI is InChI=1S/C17H23N5O3S/c1-10(13-8-12(24-2)6-7-14(13)25-3)19-15(23)9-26-17-21-20-16(22(17)18)11-4-5-11/h6-8,10-11H,4-5,9,18H2,1-3H3,(H,19,23)/t10-/m1/s1. The molecule has 3 N–H and O–H groups in total. The van der Waals surface area contributed by atoms with Gasteiger partial charge in [-0.1, -0.05) is 11.8 Å². The van der Waals surface area contributed by atoms with Crippen molar-refractivity contribution in [3.63, 3.8) is 0 Å². The van der Waals surface area contributed by atoms with Crippen LogP contribution in [0.1, 0.15) is 43.1 Å². The number of amides is 1. The molecule has 0 saturated heterocycles. The SMILES string of the molecule is COc1ccc(OC)c([C@@H](C)NC(=O)CSc2nnc(C3CC3)n2N)c1. The summed E-state index contributed by atoms with van der Waals surface area (Å²) in [6, 6.07) is 5.26. The van der Waals surface area contributed by atoms with Crippen LogP contribution >= 0.6 is 11.8 Å². The molecule has 1 saturated carbocycles. The fraction of sp³-hybridized carbons (Fsp3) is 0.471. The summed E-state index contributed by atoms with van der Waals surface area (Å²) in [4.78, 5) is 12.3. The van der Waals surface area contributed by atoms with Crippen molar-refractivity contribution < 1.29 is 14.3 Å². The number of nitrogens with two attached hydrogens (primary N) is 1. The molecule has 3 rings (SSSR count). The fourth-order valence-electron chi connectivity index (χ4n) is 2.68. The average molecular weight is 377 g/mol. The minimum absolute atomic E-state index is 0.122. The number of hydrogen-bond acceptors (Lipinski definition) is 7. The third-order valence-corrected chi connectivity index (χ3v) is 5.19. The van der Waals surface area contributed by atoms with Gasteiger partial charge in [0.15, 0.2) is 5.82 Å². The number of rotatable bonds is 8. The molecule has 1 amide bonds. The Balaban J connectivity index is 1.59. The third kappa shape index (κ3) is 4.04. The summed E-state index contributed by atoms with van der Waals surface area (Å²) in [6.07, 6.45) is 2.20. The zero-order valence-electron chi connectivity index (χ0n) is 15.1. The fourth-order valence-corrected chi connectivity index (χ4v) is 3.35. The van der Waals surface area contributed by atoms with Crippen molar-refractivity contribution in [1.82, 2.24) is 20.2 Å². The lowest BCUT2D eigenvalue weighted by Crippen LogP contribution is -2.28. The number of aromatic nitrogens is 3. The number of carbonyl (C=O) groups excluding carboxylic acids is 1. The highest BCUT2D eigenvalue weighted by atomic mass is 32.2. The van der Waals surface area contributed by atoms with Crippen molar-refractivity contribution >= 4 is 17.7 Å². The maximum Gasteiger partial charge on any atom is 0.230 e. The molecule has 0 spiro atoms. The second kappa shape index (κ2) is 7.86. The number of ether oxygens (including phenoxy) is 2. The highest BCUT2D eigenvalue weighted by molar-refractivity contribution is 7.99. The van der Waals surface area contributed by atoms with Gasteiger partial charge in [-0.25, -0.2) is 4.68 Å². The Hall–Kier alpha value is -2.42. The Bertz CT molecular complexity index is 791. The van der Waals surface area contributed by atoms with Gasteiger partial charge in [0.05, 0.1) is 26.0 Å². The number of hydrogen-bond donors (Lipinski definition) is 2. The monoisotopic (exact) mass is 377 g/mol. The van der Waals surface area contributed by atoms with Crippen LogP contribution in [-0.2, 0) is 4.79 Å². The first-order valence-corrected chi connectivity index (χ1v) is 9.36. The van der Waals surface area contributed by atoms with Crippen LogP contribution in [0.3, 0.4) is 0 Å². The molecule has 0 aliphatic heterocycles. The molecule has 1 heterocycles. The van der Waals surface area contributed by atoms with Crippen molar-refractivity contribution in [3.8, 4) is 11.5 Å². The van der Waals surface area contributed by atoms with E-state index in [9.17, 15) is 4.79 Å². The van der Waals surface area contributed by atoms with Crippen LogP contribution in [0.2, 0.25) is 0 Å². The Labute approximate surface area is 156 Å². The summed E-state index contributed by atoms with van der Waals surface area (Å²) < 4.78 is 12.1. The van der Waals surface area contributed by atoms with Crippen LogP contribution in [0.4, 0.5) is 0 Å². The van der Waals surface area contributed by atoms with Crippen LogP contribution in [0.15, 0.2) is 23.4 Å². The minimum atomic E-state index is -0.231. The third-order valence-electron chi connectivity index (χ3n) is 4.25. The van der Waals surface area contributed by atoms with Crippen molar-refractivity contribution in [1.29, 1.82) is 0 Å². The first kappa shape index (κ1) is 18.4. The lowest BCUT2D eigenvalue weighted by atomic mass is 10.1. The average Bonchev–Trinajstić information content (AvgIpc) is 3.42. The molecule has 1 aliphatic carbocycles.